The summed E-state index contributed by atoms with van der Waals surface area (Å²) < 4.78 is 12.9. The summed E-state index contributed by atoms with van der Waals surface area (Å²) in [6.07, 6.45) is 4.62. The number of benzene rings is 1. The van der Waals surface area contributed by atoms with Crippen molar-refractivity contribution in [1.82, 2.24) is 9.78 Å². The molecule has 0 saturated carbocycles. The Bertz CT molecular complexity index is 644. The lowest BCUT2D eigenvalue weighted by molar-refractivity contribution is -0.0368. The molecule has 0 amide bonds. The van der Waals surface area contributed by atoms with Crippen molar-refractivity contribution >= 4 is 16.9 Å². The second-order valence-corrected chi connectivity index (χ2v) is 4.83. The monoisotopic (exact) mass is 276 g/mol. The highest BCUT2D eigenvalue weighted by Crippen LogP contribution is 2.32. The highest BCUT2D eigenvalue weighted by molar-refractivity contribution is 5.96. The Balaban J connectivity index is 2.12. The number of rotatable bonds is 3. The van der Waals surface area contributed by atoms with E-state index in [9.17, 15) is 4.79 Å². The van der Waals surface area contributed by atoms with Gasteiger partial charge in [0.25, 0.3) is 0 Å². The van der Waals surface area contributed by atoms with Crippen molar-refractivity contribution in [2.45, 2.75) is 25.5 Å². The molecule has 0 aliphatic carbocycles. The van der Waals surface area contributed by atoms with Crippen LogP contribution in [0.1, 0.15) is 35.8 Å². The van der Waals surface area contributed by atoms with Crippen LogP contribution in [0.5, 0.6) is 5.75 Å². The zero-order valence-electron chi connectivity index (χ0n) is 11.2. The molecule has 1 aromatic carbocycles. The van der Waals surface area contributed by atoms with Crippen LogP contribution in [0.2, 0.25) is 0 Å². The third kappa shape index (κ3) is 2.12. The van der Waals surface area contributed by atoms with Crippen molar-refractivity contribution in [3.8, 4) is 5.75 Å². The van der Waals surface area contributed by atoms with E-state index >= 15 is 0 Å². The summed E-state index contributed by atoms with van der Waals surface area (Å²) in [4.78, 5) is 11.1. The van der Waals surface area contributed by atoms with E-state index in [1.165, 1.54) is 13.2 Å². The first-order valence-corrected chi connectivity index (χ1v) is 6.61. The summed E-state index contributed by atoms with van der Waals surface area (Å²) in [6.45, 7) is 0.724. The van der Waals surface area contributed by atoms with Crippen molar-refractivity contribution in [2.75, 3.05) is 13.7 Å². The van der Waals surface area contributed by atoms with Gasteiger partial charge in [-0.25, -0.2) is 9.48 Å². The number of hydrogen-bond acceptors (Lipinski definition) is 4. The van der Waals surface area contributed by atoms with E-state index in [-0.39, 0.29) is 11.8 Å². The normalized spacial score (nSPS) is 19.1. The summed E-state index contributed by atoms with van der Waals surface area (Å²) in [7, 11) is 1.53. The van der Waals surface area contributed by atoms with Crippen LogP contribution in [0.4, 0.5) is 0 Å². The highest BCUT2D eigenvalue weighted by atomic mass is 16.5. The maximum Gasteiger partial charge on any atom is 0.335 e. The van der Waals surface area contributed by atoms with Gasteiger partial charge in [0, 0.05) is 12.0 Å². The Morgan fingerprint density at radius 1 is 1.50 bits per heavy atom. The number of carboxylic acids is 1. The molecule has 1 aliphatic heterocycles. The molecule has 1 aliphatic rings. The van der Waals surface area contributed by atoms with Crippen molar-refractivity contribution < 1.29 is 19.4 Å². The number of methoxy groups -OCH3 is 1. The average Bonchev–Trinajstić information content (AvgIpc) is 2.91. The molecule has 3 rings (SSSR count). The molecule has 1 aromatic heterocycles. The quantitative estimate of drug-likeness (QED) is 0.932. The topological polar surface area (TPSA) is 73.6 Å². The van der Waals surface area contributed by atoms with E-state index in [4.69, 9.17) is 14.6 Å². The van der Waals surface area contributed by atoms with Crippen LogP contribution in [-0.2, 0) is 4.74 Å². The second kappa shape index (κ2) is 5.13. The summed E-state index contributed by atoms with van der Waals surface area (Å²) in [6, 6.07) is 3.12. The number of carboxylic acid groups (broad SMARTS) is 1. The zero-order valence-corrected chi connectivity index (χ0v) is 11.2. The number of ether oxygens (including phenoxy) is 2. The Kier molecular flexibility index (Phi) is 3.31. The SMILES string of the molecule is COc1cc(C(=O)O)cc2cnn([C@@H]3CCCCO3)c12. The van der Waals surface area contributed by atoms with E-state index in [1.54, 1.807) is 16.9 Å². The largest absolute Gasteiger partial charge is 0.494 e. The fourth-order valence-electron chi connectivity index (χ4n) is 2.57. The van der Waals surface area contributed by atoms with E-state index in [0.717, 1.165) is 36.8 Å². The van der Waals surface area contributed by atoms with Crippen molar-refractivity contribution in [3.05, 3.63) is 23.9 Å². The molecule has 0 spiro atoms. The lowest BCUT2D eigenvalue weighted by atomic mass is 10.1. The van der Waals surface area contributed by atoms with Gasteiger partial charge in [0.2, 0.25) is 0 Å². The molecule has 1 saturated heterocycles. The van der Waals surface area contributed by atoms with E-state index in [2.05, 4.69) is 5.10 Å². The van der Waals surface area contributed by atoms with Crippen LogP contribution in [0, 0.1) is 0 Å². The van der Waals surface area contributed by atoms with Crippen molar-refractivity contribution in [3.63, 3.8) is 0 Å². The van der Waals surface area contributed by atoms with Crippen LogP contribution in [0.25, 0.3) is 10.9 Å². The van der Waals surface area contributed by atoms with Gasteiger partial charge in [-0.1, -0.05) is 0 Å². The Labute approximate surface area is 115 Å². The molecule has 2 heterocycles. The number of aromatic carboxylic acids is 1. The number of hydrogen-bond donors (Lipinski definition) is 1. The minimum absolute atomic E-state index is 0.106. The maximum atomic E-state index is 11.1. The first kappa shape index (κ1) is 12.9. The summed E-state index contributed by atoms with van der Waals surface area (Å²) in [5.74, 6) is -0.474. The van der Waals surface area contributed by atoms with E-state index in [1.807, 2.05) is 0 Å². The molecule has 0 unspecified atom stereocenters. The molecule has 0 radical (unpaired) electrons. The highest BCUT2D eigenvalue weighted by Gasteiger charge is 2.21. The second-order valence-electron chi connectivity index (χ2n) is 4.83. The number of aromatic nitrogens is 2. The minimum Gasteiger partial charge on any atom is -0.494 e. The van der Waals surface area contributed by atoms with Crippen molar-refractivity contribution in [1.29, 1.82) is 0 Å². The Morgan fingerprint density at radius 3 is 3.00 bits per heavy atom. The third-order valence-electron chi connectivity index (χ3n) is 3.55. The lowest BCUT2D eigenvalue weighted by Crippen LogP contribution is -2.19. The van der Waals surface area contributed by atoms with Crippen LogP contribution >= 0.6 is 0 Å². The predicted molar refractivity (Wildman–Crippen MR) is 72.1 cm³/mol. The van der Waals surface area contributed by atoms with Gasteiger partial charge < -0.3 is 14.6 Å². The molecule has 1 atom stereocenters. The molecule has 106 valence electrons. The van der Waals surface area contributed by atoms with Gasteiger partial charge >= 0.3 is 5.97 Å². The van der Waals surface area contributed by atoms with Crippen LogP contribution < -0.4 is 4.74 Å². The van der Waals surface area contributed by atoms with Gasteiger partial charge in [0.05, 0.1) is 18.9 Å². The van der Waals surface area contributed by atoms with Crippen molar-refractivity contribution in [2.24, 2.45) is 0 Å². The first-order chi connectivity index (χ1) is 9.70. The molecule has 6 heteroatoms. The van der Waals surface area contributed by atoms with E-state index in [0.29, 0.717) is 5.75 Å². The molecular weight excluding hydrogens is 260 g/mol. The zero-order chi connectivity index (χ0) is 14.1. The number of nitrogens with zero attached hydrogens (tertiary/aromatic N) is 2. The molecule has 20 heavy (non-hydrogen) atoms. The number of fused-ring (bicyclic) bond motifs is 1. The maximum absolute atomic E-state index is 11.1. The molecule has 0 bridgehead atoms. The average molecular weight is 276 g/mol. The third-order valence-corrected chi connectivity index (χ3v) is 3.55. The van der Waals surface area contributed by atoms with Gasteiger partial charge in [-0.15, -0.1) is 0 Å². The lowest BCUT2D eigenvalue weighted by Gasteiger charge is -2.24. The summed E-state index contributed by atoms with van der Waals surface area (Å²) >= 11 is 0. The smallest absolute Gasteiger partial charge is 0.335 e. The Hall–Kier alpha value is -2.08. The van der Waals surface area contributed by atoms with E-state index < -0.39 is 5.97 Å². The first-order valence-electron chi connectivity index (χ1n) is 6.61. The molecule has 6 nitrogen and oxygen atoms in total. The molecule has 2 aromatic rings. The van der Waals surface area contributed by atoms with Gasteiger partial charge in [-0.2, -0.15) is 5.10 Å². The van der Waals surface area contributed by atoms with Gasteiger partial charge in [0.15, 0.2) is 6.23 Å². The fraction of sp³-hybridized carbons (Fsp3) is 0.429. The molecular formula is C14H16N2O4. The van der Waals surface area contributed by atoms with Crippen LogP contribution in [-0.4, -0.2) is 34.6 Å². The minimum atomic E-state index is -0.980. The molecule has 1 fully saturated rings. The predicted octanol–water partition coefficient (Wildman–Crippen LogP) is 2.44. The van der Waals surface area contributed by atoms with Gasteiger partial charge in [-0.05, 0) is 31.4 Å². The van der Waals surface area contributed by atoms with Crippen LogP contribution in [0.3, 0.4) is 0 Å². The molecule has 1 N–H and O–H groups in total. The van der Waals surface area contributed by atoms with Gasteiger partial charge in [-0.3, -0.25) is 0 Å². The number of carbonyl (C=O) groups is 1. The summed E-state index contributed by atoms with van der Waals surface area (Å²) in [5.41, 5.74) is 0.975. The summed E-state index contributed by atoms with van der Waals surface area (Å²) in [5, 5.41) is 14.2. The Morgan fingerprint density at radius 2 is 2.35 bits per heavy atom. The van der Waals surface area contributed by atoms with Gasteiger partial charge in [0.1, 0.15) is 11.3 Å². The van der Waals surface area contributed by atoms with Crippen LogP contribution in [0.15, 0.2) is 18.3 Å². The fourth-order valence-corrected chi connectivity index (χ4v) is 2.57. The standard InChI is InChI=1S/C14H16N2O4/c1-19-11-7-9(14(17)18)6-10-8-15-16(13(10)11)12-4-2-3-5-20-12/h6-8,12H,2-5H2,1H3,(H,17,18)/t12-/m0/s1.